The van der Waals surface area contributed by atoms with E-state index in [0.29, 0.717) is 6.61 Å². The minimum atomic E-state index is 0.182. The van der Waals surface area contributed by atoms with Crippen LogP contribution in [0.4, 0.5) is 0 Å². The smallest absolute Gasteiger partial charge is 0.119 e. The van der Waals surface area contributed by atoms with E-state index in [4.69, 9.17) is 10.6 Å². The summed E-state index contributed by atoms with van der Waals surface area (Å²) in [4.78, 5) is 4.46. The van der Waals surface area contributed by atoms with Gasteiger partial charge in [-0.05, 0) is 38.0 Å². The third-order valence-corrected chi connectivity index (χ3v) is 3.90. The van der Waals surface area contributed by atoms with Gasteiger partial charge in [-0.1, -0.05) is 12.1 Å². The third kappa shape index (κ3) is 4.59. The lowest BCUT2D eigenvalue weighted by atomic mass is 10.1. The van der Waals surface area contributed by atoms with Gasteiger partial charge in [0.25, 0.3) is 0 Å². The number of aryl methyl sites for hydroxylation is 2. The quantitative estimate of drug-likeness (QED) is 0.608. The van der Waals surface area contributed by atoms with Crippen molar-refractivity contribution in [1.29, 1.82) is 0 Å². The molecule has 3 N–H and O–H groups in total. The molecule has 1 aromatic carbocycles. The molecule has 1 heterocycles. The maximum atomic E-state index is 5.75. The van der Waals surface area contributed by atoms with E-state index in [1.165, 1.54) is 5.56 Å². The van der Waals surface area contributed by atoms with Crippen molar-refractivity contribution >= 4 is 11.3 Å². The minimum Gasteiger partial charge on any atom is -0.494 e. The fourth-order valence-electron chi connectivity index (χ4n) is 2.02. The zero-order valence-electron chi connectivity index (χ0n) is 11.9. The Labute approximate surface area is 124 Å². The maximum absolute atomic E-state index is 5.75. The van der Waals surface area contributed by atoms with E-state index in [1.807, 2.05) is 25.1 Å². The monoisotopic (exact) mass is 291 g/mol. The van der Waals surface area contributed by atoms with Crippen LogP contribution in [0.3, 0.4) is 0 Å². The standard InChI is InChI=1S/C15H21N3OS/c1-11-4-3-5-15(8-11)19-7-6-13(18-16)9-14-10-20-12(2)17-14/h3-5,8,10,13,18H,6-7,9,16H2,1-2H3. The number of nitrogens with two attached hydrogens (primary N) is 1. The predicted molar refractivity (Wildman–Crippen MR) is 83.0 cm³/mol. The molecule has 0 bridgehead atoms. The summed E-state index contributed by atoms with van der Waals surface area (Å²) in [7, 11) is 0. The van der Waals surface area contributed by atoms with Crippen LogP contribution in [0.15, 0.2) is 29.6 Å². The van der Waals surface area contributed by atoms with Gasteiger partial charge >= 0.3 is 0 Å². The van der Waals surface area contributed by atoms with Crippen molar-refractivity contribution in [3.63, 3.8) is 0 Å². The Morgan fingerprint density at radius 2 is 2.25 bits per heavy atom. The average molecular weight is 291 g/mol. The van der Waals surface area contributed by atoms with Gasteiger partial charge in [-0.2, -0.15) is 0 Å². The van der Waals surface area contributed by atoms with Crippen LogP contribution in [-0.2, 0) is 6.42 Å². The van der Waals surface area contributed by atoms with Crippen molar-refractivity contribution in [3.8, 4) is 5.75 Å². The summed E-state index contributed by atoms with van der Waals surface area (Å²) in [6.45, 7) is 4.71. The van der Waals surface area contributed by atoms with Crippen molar-refractivity contribution in [2.24, 2.45) is 5.84 Å². The first-order chi connectivity index (χ1) is 9.67. The molecule has 20 heavy (non-hydrogen) atoms. The number of aromatic nitrogens is 1. The fraction of sp³-hybridized carbons (Fsp3) is 0.400. The molecule has 0 radical (unpaired) electrons. The maximum Gasteiger partial charge on any atom is 0.119 e. The van der Waals surface area contributed by atoms with Crippen LogP contribution < -0.4 is 16.0 Å². The van der Waals surface area contributed by atoms with Gasteiger partial charge in [0.05, 0.1) is 17.3 Å². The zero-order chi connectivity index (χ0) is 14.4. The first kappa shape index (κ1) is 15.0. The molecule has 0 aliphatic rings. The van der Waals surface area contributed by atoms with E-state index in [0.717, 1.165) is 29.3 Å². The topological polar surface area (TPSA) is 60.2 Å². The summed E-state index contributed by atoms with van der Waals surface area (Å²) >= 11 is 1.67. The molecular formula is C15H21N3OS. The second kappa shape index (κ2) is 7.38. The molecule has 1 aromatic heterocycles. The Bertz CT molecular complexity index is 541. The molecule has 2 rings (SSSR count). The van der Waals surface area contributed by atoms with Crippen LogP contribution in [0.25, 0.3) is 0 Å². The molecule has 2 aromatic rings. The Hall–Kier alpha value is -1.43. The van der Waals surface area contributed by atoms with Gasteiger partial charge in [-0.25, -0.2) is 4.98 Å². The van der Waals surface area contributed by atoms with Crippen LogP contribution in [-0.4, -0.2) is 17.6 Å². The molecule has 0 saturated carbocycles. The van der Waals surface area contributed by atoms with Crippen LogP contribution >= 0.6 is 11.3 Å². The molecule has 0 saturated heterocycles. The highest BCUT2D eigenvalue weighted by molar-refractivity contribution is 7.09. The molecule has 5 heteroatoms. The molecule has 1 unspecified atom stereocenters. The first-order valence-electron chi connectivity index (χ1n) is 6.74. The van der Waals surface area contributed by atoms with Crippen molar-refractivity contribution in [3.05, 3.63) is 45.9 Å². The summed E-state index contributed by atoms with van der Waals surface area (Å²) in [5.41, 5.74) is 5.13. The summed E-state index contributed by atoms with van der Waals surface area (Å²) in [5.74, 6) is 6.51. The molecular weight excluding hydrogens is 270 g/mol. The first-order valence-corrected chi connectivity index (χ1v) is 7.62. The number of hydrogen-bond donors (Lipinski definition) is 2. The summed E-state index contributed by atoms with van der Waals surface area (Å²) in [6.07, 6.45) is 1.68. The van der Waals surface area contributed by atoms with Crippen molar-refractivity contribution < 1.29 is 4.74 Å². The number of rotatable bonds is 7. The number of hydrogen-bond acceptors (Lipinski definition) is 5. The number of ether oxygens (including phenoxy) is 1. The molecule has 4 nitrogen and oxygen atoms in total. The molecule has 0 fully saturated rings. The lowest BCUT2D eigenvalue weighted by Gasteiger charge is -2.15. The molecule has 0 aliphatic carbocycles. The molecule has 0 aliphatic heterocycles. The van der Waals surface area contributed by atoms with Crippen LogP contribution in [0, 0.1) is 13.8 Å². The van der Waals surface area contributed by atoms with E-state index < -0.39 is 0 Å². The van der Waals surface area contributed by atoms with Gasteiger partial charge in [0.1, 0.15) is 5.75 Å². The van der Waals surface area contributed by atoms with Crippen LogP contribution in [0.2, 0.25) is 0 Å². The van der Waals surface area contributed by atoms with Gasteiger partial charge in [0, 0.05) is 17.8 Å². The zero-order valence-corrected chi connectivity index (χ0v) is 12.7. The van der Waals surface area contributed by atoms with E-state index in [1.54, 1.807) is 11.3 Å². The van der Waals surface area contributed by atoms with Crippen molar-refractivity contribution in [2.45, 2.75) is 32.7 Å². The van der Waals surface area contributed by atoms with Gasteiger partial charge < -0.3 is 4.74 Å². The van der Waals surface area contributed by atoms with Gasteiger partial charge in [-0.15, -0.1) is 11.3 Å². The van der Waals surface area contributed by atoms with Crippen LogP contribution in [0.5, 0.6) is 5.75 Å². The Kier molecular flexibility index (Phi) is 5.52. The SMILES string of the molecule is Cc1cccc(OCCC(Cc2csc(C)n2)NN)c1. The van der Waals surface area contributed by atoms with E-state index >= 15 is 0 Å². The number of nitrogens with zero attached hydrogens (tertiary/aromatic N) is 1. The molecule has 108 valence electrons. The van der Waals surface area contributed by atoms with E-state index in [-0.39, 0.29) is 6.04 Å². The van der Waals surface area contributed by atoms with Gasteiger partial charge in [0.15, 0.2) is 0 Å². The Balaban J connectivity index is 1.79. The normalized spacial score (nSPS) is 12.3. The summed E-state index contributed by atoms with van der Waals surface area (Å²) in [5, 5.41) is 3.17. The lowest BCUT2D eigenvalue weighted by molar-refractivity contribution is 0.284. The van der Waals surface area contributed by atoms with Crippen molar-refractivity contribution in [2.75, 3.05) is 6.61 Å². The number of hydrazine groups is 1. The fourth-order valence-corrected chi connectivity index (χ4v) is 2.65. The highest BCUT2D eigenvalue weighted by atomic mass is 32.1. The van der Waals surface area contributed by atoms with E-state index in [9.17, 15) is 0 Å². The number of nitrogens with one attached hydrogen (secondary N) is 1. The molecule has 0 spiro atoms. The largest absolute Gasteiger partial charge is 0.494 e. The molecule has 0 amide bonds. The number of thiazole rings is 1. The van der Waals surface area contributed by atoms with Gasteiger partial charge in [-0.3, -0.25) is 11.3 Å². The average Bonchev–Trinajstić information content (AvgIpc) is 2.83. The molecule has 1 atom stereocenters. The predicted octanol–water partition coefficient (Wildman–Crippen LogP) is 2.60. The Morgan fingerprint density at radius 1 is 1.40 bits per heavy atom. The lowest BCUT2D eigenvalue weighted by Crippen LogP contribution is -2.38. The third-order valence-electron chi connectivity index (χ3n) is 3.08. The second-order valence-corrected chi connectivity index (χ2v) is 5.94. The highest BCUT2D eigenvalue weighted by Gasteiger charge is 2.10. The highest BCUT2D eigenvalue weighted by Crippen LogP contribution is 2.14. The van der Waals surface area contributed by atoms with Gasteiger partial charge in [0.2, 0.25) is 0 Å². The summed E-state index contributed by atoms with van der Waals surface area (Å²) in [6, 6.07) is 8.25. The summed E-state index contributed by atoms with van der Waals surface area (Å²) < 4.78 is 5.75. The number of benzene rings is 1. The minimum absolute atomic E-state index is 0.182. The van der Waals surface area contributed by atoms with Crippen LogP contribution in [0.1, 0.15) is 22.7 Å². The van der Waals surface area contributed by atoms with Crippen molar-refractivity contribution in [1.82, 2.24) is 10.4 Å². The second-order valence-electron chi connectivity index (χ2n) is 4.88. The van der Waals surface area contributed by atoms with E-state index in [2.05, 4.69) is 28.8 Å². The Morgan fingerprint density at radius 3 is 2.90 bits per heavy atom.